The van der Waals surface area contributed by atoms with Gasteiger partial charge in [0.15, 0.2) is 0 Å². The zero-order valence-corrected chi connectivity index (χ0v) is 9.50. The minimum Gasteiger partial charge on any atom is -0.378 e. The first-order chi connectivity index (χ1) is 8.35. The molecule has 0 N–H and O–H groups in total. The number of aromatic nitrogens is 2. The second kappa shape index (κ2) is 4.30. The number of fused-ring (bicyclic) bond motifs is 1. The molecule has 2 aromatic rings. The maximum absolute atomic E-state index is 10.7. The molecule has 0 saturated carbocycles. The molecular formula is C13H14N2O2. The van der Waals surface area contributed by atoms with Gasteiger partial charge in [-0.1, -0.05) is 0 Å². The third-order valence-electron chi connectivity index (χ3n) is 3.13. The average Bonchev–Trinajstić information content (AvgIpc) is 2.96. The van der Waals surface area contributed by atoms with E-state index in [0.29, 0.717) is 11.7 Å². The molecule has 1 aliphatic rings. The lowest BCUT2D eigenvalue weighted by Gasteiger charge is -2.05. The third-order valence-corrected chi connectivity index (χ3v) is 3.13. The normalized spacial score (nSPS) is 19.9. The summed E-state index contributed by atoms with van der Waals surface area (Å²) >= 11 is 0. The summed E-state index contributed by atoms with van der Waals surface area (Å²) in [7, 11) is 0. The second-order valence-corrected chi connectivity index (χ2v) is 4.41. The Kier molecular flexibility index (Phi) is 2.65. The largest absolute Gasteiger partial charge is 0.378 e. The topological polar surface area (TPSA) is 43.6 Å². The number of hydrogen-bond acceptors (Lipinski definition) is 3. The summed E-state index contributed by atoms with van der Waals surface area (Å²) in [5, 5.41) is 0. The molecule has 4 heteroatoms. The summed E-state index contributed by atoms with van der Waals surface area (Å²) in [5.74, 6) is 0. The monoisotopic (exact) mass is 230 g/mol. The van der Waals surface area contributed by atoms with Crippen LogP contribution in [0.4, 0.5) is 0 Å². The molecule has 17 heavy (non-hydrogen) atoms. The number of imidazole rings is 1. The van der Waals surface area contributed by atoms with E-state index in [1.54, 1.807) is 12.1 Å². The summed E-state index contributed by atoms with van der Waals surface area (Å²) in [6.07, 6.45) is 8.15. The third kappa shape index (κ3) is 2.08. The fourth-order valence-electron chi connectivity index (χ4n) is 2.26. The van der Waals surface area contributed by atoms with Crippen LogP contribution in [0.2, 0.25) is 0 Å². The van der Waals surface area contributed by atoms with E-state index in [0.717, 1.165) is 43.5 Å². The molecule has 88 valence electrons. The fourth-order valence-corrected chi connectivity index (χ4v) is 2.26. The molecule has 0 bridgehead atoms. The lowest BCUT2D eigenvalue weighted by molar-refractivity contribution is 0.110. The first-order valence-electron chi connectivity index (χ1n) is 5.89. The first-order valence-corrected chi connectivity index (χ1v) is 5.89. The molecule has 0 aliphatic carbocycles. The number of carbonyl (C=O) groups is 1. The van der Waals surface area contributed by atoms with E-state index in [9.17, 15) is 4.79 Å². The standard InChI is InChI=1S/C13H14N2O2/c16-9-10-3-4-15-8-11(14-13(15)6-10)7-12-2-1-5-17-12/h3-4,6,8-9,12H,1-2,5,7H2. The van der Waals surface area contributed by atoms with Gasteiger partial charge < -0.3 is 9.14 Å². The van der Waals surface area contributed by atoms with Gasteiger partial charge in [0, 0.05) is 31.0 Å². The van der Waals surface area contributed by atoms with E-state index >= 15 is 0 Å². The minimum absolute atomic E-state index is 0.311. The van der Waals surface area contributed by atoms with Gasteiger partial charge in [-0.2, -0.15) is 0 Å². The predicted molar refractivity (Wildman–Crippen MR) is 63.3 cm³/mol. The van der Waals surface area contributed by atoms with E-state index in [1.165, 1.54) is 0 Å². The zero-order valence-electron chi connectivity index (χ0n) is 9.50. The first kappa shape index (κ1) is 10.5. The van der Waals surface area contributed by atoms with Crippen molar-refractivity contribution in [3.8, 4) is 0 Å². The number of aldehydes is 1. The maximum atomic E-state index is 10.7. The molecule has 1 aliphatic heterocycles. The van der Waals surface area contributed by atoms with Gasteiger partial charge in [-0.15, -0.1) is 0 Å². The Morgan fingerprint density at radius 2 is 2.53 bits per heavy atom. The molecule has 0 aromatic carbocycles. The number of carbonyl (C=O) groups excluding carboxylic acids is 1. The second-order valence-electron chi connectivity index (χ2n) is 4.41. The minimum atomic E-state index is 0.311. The molecule has 3 heterocycles. The van der Waals surface area contributed by atoms with Crippen molar-refractivity contribution >= 4 is 11.9 Å². The SMILES string of the molecule is O=Cc1ccn2cc(CC3CCCO3)nc2c1. The highest BCUT2D eigenvalue weighted by Crippen LogP contribution is 2.17. The van der Waals surface area contributed by atoms with Crippen LogP contribution in [0.3, 0.4) is 0 Å². The summed E-state index contributed by atoms with van der Waals surface area (Å²) < 4.78 is 7.53. The Hall–Kier alpha value is -1.68. The summed E-state index contributed by atoms with van der Waals surface area (Å²) in [6, 6.07) is 3.59. The van der Waals surface area contributed by atoms with Crippen molar-refractivity contribution in [1.29, 1.82) is 0 Å². The summed E-state index contributed by atoms with van der Waals surface area (Å²) in [5.41, 5.74) is 2.51. The average molecular weight is 230 g/mol. The van der Waals surface area contributed by atoms with Gasteiger partial charge in [-0.25, -0.2) is 4.98 Å². The Morgan fingerprint density at radius 1 is 1.59 bits per heavy atom. The molecule has 1 fully saturated rings. The van der Waals surface area contributed by atoms with Gasteiger partial charge in [0.25, 0.3) is 0 Å². The molecule has 4 nitrogen and oxygen atoms in total. The molecule has 0 radical (unpaired) electrons. The number of hydrogen-bond donors (Lipinski definition) is 0. The molecule has 0 amide bonds. The van der Waals surface area contributed by atoms with Crippen LogP contribution in [0.1, 0.15) is 28.9 Å². The van der Waals surface area contributed by atoms with Crippen LogP contribution in [-0.2, 0) is 11.2 Å². The van der Waals surface area contributed by atoms with Gasteiger partial charge >= 0.3 is 0 Å². The van der Waals surface area contributed by atoms with E-state index in [2.05, 4.69) is 4.98 Å². The van der Waals surface area contributed by atoms with E-state index < -0.39 is 0 Å². The van der Waals surface area contributed by atoms with Crippen molar-refractivity contribution in [2.75, 3.05) is 6.61 Å². The van der Waals surface area contributed by atoms with Crippen LogP contribution in [0.5, 0.6) is 0 Å². The smallest absolute Gasteiger partial charge is 0.150 e. The van der Waals surface area contributed by atoms with Crippen molar-refractivity contribution in [2.45, 2.75) is 25.4 Å². The Balaban J connectivity index is 1.87. The lowest BCUT2D eigenvalue weighted by atomic mass is 10.1. The van der Waals surface area contributed by atoms with Gasteiger partial charge in [0.2, 0.25) is 0 Å². The van der Waals surface area contributed by atoms with Crippen molar-refractivity contribution < 1.29 is 9.53 Å². The van der Waals surface area contributed by atoms with Crippen LogP contribution in [0.25, 0.3) is 5.65 Å². The molecule has 0 spiro atoms. The van der Waals surface area contributed by atoms with Gasteiger partial charge in [-0.3, -0.25) is 4.79 Å². The van der Waals surface area contributed by atoms with Gasteiger partial charge in [0.1, 0.15) is 11.9 Å². The highest BCUT2D eigenvalue weighted by Gasteiger charge is 2.17. The van der Waals surface area contributed by atoms with Crippen molar-refractivity contribution in [3.05, 3.63) is 35.8 Å². The van der Waals surface area contributed by atoms with Crippen LogP contribution in [0, 0.1) is 0 Å². The van der Waals surface area contributed by atoms with Crippen LogP contribution in [0.15, 0.2) is 24.5 Å². The molecular weight excluding hydrogens is 216 g/mol. The predicted octanol–water partition coefficient (Wildman–Crippen LogP) is 1.87. The van der Waals surface area contributed by atoms with E-state index in [-0.39, 0.29) is 0 Å². The molecule has 3 rings (SSSR count). The molecule has 1 saturated heterocycles. The Bertz CT molecular complexity index is 541. The van der Waals surface area contributed by atoms with Crippen LogP contribution >= 0.6 is 0 Å². The zero-order chi connectivity index (χ0) is 11.7. The summed E-state index contributed by atoms with van der Waals surface area (Å²) in [6.45, 7) is 0.868. The highest BCUT2D eigenvalue weighted by atomic mass is 16.5. The maximum Gasteiger partial charge on any atom is 0.150 e. The number of pyridine rings is 1. The van der Waals surface area contributed by atoms with E-state index in [1.807, 2.05) is 16.8 Å². The number of nitrogens with zero attached hydrogens (tertiary/aromatic N) is 2. The van der Waals surface area contributed by atoms with Crippen LogP contribution in [-0.4, -0.2) is 28.4 Å². The lowest BCUT2D eigenvalue weighted by Crippen LogP contribution is -2.08. The molecule has 2 aromatic heterocycles. The highest BCUT2D eigenvalue weighted by molar-refractivity contribution is 5.76. The van der Waals surface area contributed by atoms with Crippen LogP contribution < -0.4 is 0 Å². The quantitative estimate of drug-likeness (QED) is 0.756. The Morgan fingerprint density at radius 3 is 3.29 bits per heavy atom. The number of rotatable bonds is 3. The van der Waals surface area contributed by atoms with Crippen molar-refractivity contribution in [3.63, 3.8) is 0 Å². The van der Waals surface area contributed by atoms with Crippen molar-refractivity contribution in [2.24, 2.45) is 0 Å². The van der Waals surface area contributed by atoms with Gasteiger partial charge in [-0.05, 0) is 25.0 Å². The summed E-state index contributed by atoms with van der Waals surface area (Å²) in [4.78, 5) is 15.2. The van der Waals surface area contributed by atoms with Crippen molar-refractivity contribution in [1.82, 2.24) is 9.38 Å². The van der Waals surface area contributed by atoms with Gasteiger partial charge in [0.05, 0.1) is 11.8 Å². The Labute approximate surface area is 99.2 Å². The fraction of sp³-hybridized carbons (Fsp3) is 0.385. The molecule has 1 atom stereocenters. The number of ether oxygens (including phenoxy) is 1. The van der Waals surface area contributed by atoms with E-state index in [4.69, 9.17) is 4.74 Å². The molecule has 1 unspecified atom stereocenters.